The highest BCUT2D eigenvalue weighted by Gasteiger charge is 2.33. The minimum absolute atomic E-state index is 0.193. The largest absolute Gasteiger partial charge is 0.480 e. The lowest BCUT2D eigenvalue weighted by molar-refractivity contribution is -0.142. The van der Waals surface area contributed by atoms with Crippen molar-refractivity contribution in [3.63, 3.8) is 0 Å². The lowest BCUT2D eigenvalue weighted by Gasteiger charge is -2.36. The average molecular weight is 254 g/mol. The fourth-order valence-corrected chi connectivity index (χ4v) is 2.89. The highest BCUT2D eigenvalue weighted by molar-refractivity contribution is 5.82. The van der Waals surface area contributed by atoms with Gasteiger partial charge >= 0.3 is 12.0 Å². The van der Waals surface area contributed by atoms with E-state index in [4.69, 9.17) is 0 Å². The molecule has 0 radical (unpaired) electrons. The first kappa shape index (κ1) is 13.2. The van der Waals surface area contributed by atoms with Crippen LogP contribution in [0.15, 0.2) is 0 Å². The molecule has 1 saturated carbocycles. The third-order valence-electron chi connectivity index (χ3n) is 4.00. The molecule has 102 valence electrons. The monoisotopic (exact) mass is 254 g/mol. The lowest BCUT2D eigenvalue weighted by atomic mass is 9.82. The van der Waals surface area contributed by atoms with E-state index < -0.39 is 12.0 Å². The Bertz CT molecular complexity index is 326. The Labute approximate surface area is 108 Å². The molecular weight excluding hydrogens is 232 g/mol. The van der Waals surface area contributed by atoms with E-state index in [0.29, 0.717) is 18.9 Å². The van der Waals surface area contributed by atoms with Crippen LogP contribution in [0.1, 0.15) is 45.4 Å². The fraction of sp³-hybridized carbons (Fsp3) is 0.846. The van der Waals surface area contributed by atoms with Crippen molar-refractivity contribution in [1.82, 2.24) is 10.2 Å². The summed E-state index contributed by atoms with van der Waals surface area (Å²) < 4.78 is 0. The number of likely N-dealkylation sites (tertiary alicyclic amines) is 1. The van der Waals surface area contributed by atoms with Crippen molar-refractivity contribution in [3.05, 3.63) is 0 Å². The second-order valence-corrected chi connectivity index (χ2v) is 5.62. The van der Waals surface area contributed by atoms with Crippen LogP contribution in [0.25, 0.3) is 0 Å². The molecule has 0 aromatic carbocycles. The molecule has 0 aromatic heterocycles. The zero-order valence-corrected chi connectivity index (χ0v) is 10.9. The number of rotatable bonds is 2. The van der Waals surface area contributed by atoms with Gasteiger partial charge in [0.1, 0.15) is 6.04 Å². The normalized spacial score (nSPS) is 32.3. The van der Waals surface area contributed by atoms with Crippen LogP contribution in [0.3, 0.4) is 0 Å². The number of aliphatic carboxylic acids is 1. The van der Waals surface area contributed by atoms with Gasteiger partial charge in [0.05, 0.1) is 0 Å². The Morgan fingerprint density at radius 3 is 2.56 bits per heavy atom. The van der Waals surface area contributed by atoms with Crippen molar-refractivity contribution in [3.8, 4) is 0 Å². The van der Waals surface area contributed by atoms with Gasteiger partial charge in [-0.15, -0.1) is 0 Å². The van der Waals surface area contributed by atoms with Gasteiger partial charge in [-0.05, 0) is 31.6 Å². The summed E-state index contributed by atoms with van der Waals surface area (Å²) in [4.78, 5) is 24.9. The third-order valence-corrected chi connectivity index (χ3v) is 4.00. The second kappa shape index (κ2) is 5.59. The molecule has 0 bridgehead atoms. The molecular formula is C13H22N2O3. The minimum Gasteiger partial charge on any atom is -0.480 e. The SMILES string of the molecule is CC1CC(NC(=O)N2CCCCCC2C(=O)O)C1. The average Bonchev–Trinajstić information content (AvgIpc) is 2.51. The second-order valence-electron chi connectivity index (χ2n) is 5.62. The van der Waals surface area contributed by atoms with Crippen LogP contribution in [0.5, 0.6) is 0 Å². The van der Waals surface area contributed by atoms with Gasteiger partial charge in [-0.1, -0.05) is 19.8 Å². The summed E-state index contributed by atoms with van der Waals surface area (Å²) >= 11 is 0. The molecule has 1 heterocycles. The molecule has 2 N–H and O–H groups in total. The highest BCUT2D eigenvalue weighted by atomic mass is 16.4. The summed E-state index contributed by atoms with van der Waals surface area (Å²) in [6.07, 6.45) is 5.39. The smallest absolute Gasteiger partial charge is 0.326 e. The van der Waals surface area contributed by atoms with Crippen LogP contribution in [0, 0.1) is 5.92 Å². The molecule has 0 spiro atoms. The van der Waals surface area contributed by atoms with Gasteiger partial charge < -0.3 is 15.3 Å². The Balaban J connectivity index is 1.94. The van der Waals surface area contributed by atoms with Crippen LogP contribution < -0.4 is 5.32 Å². The predicted molar refractivity (Wildman–Crippen MR) is 67.3 cm³/mol. The number of carbonyl (C=O) groups excluding carboxylic acids is 1. The van der Waals surface area contributed by atoms with Crippen molar-refractivity contribution in [2.45, 2.75) is 57.5 Å². The van der Waals surface area contributed by atoms with Gasteiger partial charge in [-0.25, -0.2) is 9.59 Å². The molecule has 0 aromatic rings. The molecule has 1 atom stereocenters. The van der Waals surface area contributed by atoms with Crippen LogP contribution in [0.4, 0.5) is 4.79 Å². The maximum absolute atomic E-state index is 12.1. The number of nitrogens with one attached hydrogen (secondary N) is 1. The Kier molecular flexibility index (Phi) is 4.09. The Morgan fingerprint density at radius 1 is 1.22 bits per heavy atom. The molecule has 18 heavy (non-hydrogen) atoms. The third kappa shape index (κ3) is 2.94. The molecule has 2 aliphatic rings. The summed E-state index contributed by atoms with van der Waals surface area (Å²) in [5.41, 5.74) is 0. The first-order valence-electron chi connectivity index (χ1n) is 6.88. The quantitative estimate of drug-likeness (QED) is 0.789. The topological polar surface area (TPSA) is 69.6 Å². The van der Waals surface area contributed by atoms with Crippen molar-refractivity contribution < 1.29 is 14.7 Å². The van der Waals surface area contributed by atoms with E-state index in [1.165, 1.54) is 4.90 Å². The number of amides is 2. The number of urea groups is 1. The van der Waals surface area contributed by atoms with Gasteiger partial charge in [0, 0.05) is 12.6 Å². The maximum Gasteiger partial charge on any atom is 0.326 e. The summed E-state index contributed by atoms with van der Waals surface area (Å²) in [5.74, 6) is -0.205. The maximum atomic E-state index is 12.1. The Hall–Kier alpha value is -1.26. The minimum atomic E-state index is -0.881. The van der Waals surface area contributed by atoms with E-state index in [1.807, 2.05) is 0 Å². The molecule has 1 aliphatic carbocycles. The van der Waals surface area contributed by atoms with Gasteiger partial charge in [0.15, 0.2) is 0 Å². The molecule has 1 unspecified atom stereocenters. The highest BCUT2D eigenvalue weighted by Crippen LogP contribution is 2.27. The van der Waals surface area contributed by atoms with E-state index in [2.05, 4.69) is 12.2 Å². The Morgan fingerprint density at radius 2 is 1.94 bits per heavy atom. The zero-order valence-electron chi connectivity index (χ0n) is 10.9. The van der Waals surface area contributed by atoms with Gasteiger partial charge in [0.2, 0.25) is 0 Å². The molecule has 5 heteroatoms. The van der Waals surface area contributed by atoms with Gasteiger partial charge in [0.25, 0.3) is 0 Å². The molecule has 1 saturated heterocycles. The lowest BCUT2D eigenvalue weighted by Crippen LogP contribution is -2.54. The number of carbonyl (C=O) groups is 2. The number of hydrogen-bond donors (Lipinski definition) is 2. The first-order chi connectivity index (χ1) is 8.58. The van der Waals surface area contributed by atoms with Gasteiger partial charge in [-0.3, -0.25) is 0 Å². The first-order valence-corrected chi connectivity index (χ1v) is 6.88. The van der Waals surface area contributed by atoms with E-state index >= 15 is 0 Å². The van der Waals surface area contributed by atoms with Crippen molar-refractivity contribution in [2.24, 2.45) is 5.92 Å². The van der Waals surface area contributed by atoms with Crippen LogP contribution in [-0.4, -0.2) is 40.6 Å². The predicted octanol–water partition coefficient (Wildman–Crippen LogP) is 1.82. The van der Waals surface area contributed by atoms with E-state index in [9.17, 15) is 14.7 Å². The molecule has 2 fully saturated rings. The summed E-state index contributed by atoms with van der Waals surface area (Å²) in [7, 11) is 0. The van der Waals surface area contributed by atoms with Crippen molar-refractivity contribution >= 4 is 12.0 Å². The number of nitrogens with zero attached hydrogens (tertiary/aromatic N) is 1. The molecule has 2 rings (SSSR count). The molecule has 1 aliphatic heterocycles. The van der Waals surface area contributed by atoms with Gasteiger partial charge in [-0.2, -0.15) is 0 Å². The molecule has 2 amide bonds. The van der Waals surface area contributed by atoms with Crippen molar-refractivity contribution in [1.29, 1.82) is 0 Å². The van der Waals surface area contributed by atoms with Crippen LogP contribution in [0.2, 0.25) is 0 Å². The number of carboxylic acid groups (broad SMARTS) is 1. The van der Waals surface area contributed by atoms with E-state index in [-0.39, 0.29) is 12.1 Å². The summed E-state index contributed by atoms with van der Waals surface area (Å²) in [6.45, 7) is 2.72. The van der Waals surface area contributed by atoms with Crippen LogP contribution >= 0.6 is 0 Å². The summed E-state index contributed by atoms with van der Waals surface area (Å²) in [5, 5.41) is 12.2. The van der Waals surface area contributed by atoms with Crippen LogP contribution in [-0.2, 0) is 4.79 Å². The fourth-order valence-electron chi connectivity index (χ4n) is 2.89. The number of carboxylic acids is 1. The summed E-state index contributed by atoms with van der Waals surface area (Å²) in [6, 6.07) is -0.601. The van der Waals surface area contributed by atoms with E-state index in [0.717, 1.165) is 32.1 Å². The van der Waals surface area contributed by atoms with E-state index in [1.54, 1.807) is 0 Å². The van der Waals surface area contributed by atoms with Crippen molar-refractivity contribution in [2.75, 3.05) is 6.54 Å². The standard InChI is InChI=1S/C13H22N2O3/c1-9-7-10(8-9)14-13(18)15-6-4-2-3-5-11(15)12(16)17/h9-11H,2-8H2,1H3,(H,14,18)(H,16,17). The zero-order chi connectivity index (χ0) is 13.1. The number of hydrogen-bond acceptors (Lipinski definition) is 2. The molecule has 5 nitrogen and oxygen atoms in total.